The second kappa shape index (κ2) is 8.75. The maximum Gasteiger partial charge on any atom is 0.230 e. The first-order valence-corrected chi connectivity index (χ1v) is 9.53. The quantitative estimate of drug-likeness (QED) is 0.642. The zero-order chi connectivity index (χ0) is 20.1. The number of anilines is 1. The van der Waals surface area contributed by atoms with Crippen LogP contribution in [0.2, 0.25) is 0 Å². The number of carbonyl (C=O) groups is 1. The Morgan fingerprint density at radius 2 is 1.75 bits per heavy atom. The lowest BCUT2D eigenvalue weighted by molar-refractivity contribution is -0.115. The third kappa shape index (κ3) is 4.43. The minimum atomic E-state index is -0.126. The number of amides is 1. The number of aryl methyl sites for hydroxylation is 1. The standard InChI is InChI=1S/C21H22N2O4S/c1-13-5-6-14(9-18(13)26-3)10-20(24)23-21-22-16(12-28-21)15-7-8-17(25-2)19(11-15)27-4/h5-9,11-12H,10H2,1-4H3,(H,22,23,24). The van der Waals surface area contributed by atoms with Crippen LogP contribution in [0.5, 0.6) is 17.2 Å². The van der Waals surface area contributed by atoms with E-state index in [2.05, 4.69) is 10.3 Å². The lowest BCUT2D eigenvalue weighted by Gasteiger charge is -2.08. The summed E-state index contributed by atoms with van der Waals surface area (Å²) in [4.78, 5) is 16.9. The normalized spacial score (nSPS) is 10.4. The highest BCUT2D eigenvalue weighted by molar-refractivity contribution is 7.14. The van der Waals surface area contributed by atoms with Gasteiger partial charge in [0.2, 0.25) is 5.91 Å². The molecule has 3 aromatic rings. The van der Waals surface area contributed by atoms with Crippen molar-refractivity contribution in [3.05, 3.63) is 52.9 Å². The molecule has 0 atom stereocenters. The van der Waals surface area contributed by atoms with E-state index in [0.717, 1.165) is 28.1 Å². The number of nitrogens with one attached hydrogen (secondary N) is 1. The van der Waals surface area contributed by atoms with E-state index < -0.39 is 0 Å². The number of benzene rings is 2. The van der Waals surface area contributed by atoms with E-state index in [4.69, 9.17) is 14.2 Å². The predicted molar refractivity (Wildman–Crippen MR) is 111 cm³/mol. The molecule has 0 saturated carbocycles. The summed E-state index contributed by atoms with van der Waals surface area (Å²) in [5.74, 6) is 1.94. The second-order valence-electron chi connectivity index (χ2n) is 6.14. The molecular weight excluding hydrogens is 376 g/mol. The summed E-state index contributed by atoms with van der Waals surface area (Å²) in [5, 5.41) is 5.30. The summed E-state index contributed by atoms with van der Waals surface area (Å²) in [6, 6.07) is 11.3. The molecular formula is C21H22N2O4S. The summed E-state index contributed by atoms with van der Waals surface area (Å²) in [5.41, 5.74) is 3.57. The number of nitrogens with zero attached hydrogens (tertiary/aromatic N) is 1. The number of rotatable bonds is 7. The SMILES string of the molecule is COc1cc(CC(=O)Nc2nc(-c3ccc(OC)c(OC)c3)cs2)ccc1C. The van der Waals surface area contributed by atoms with E-state index in [1.165, 1.54) is 11.3 Å². The first kappa shape index (κ1) is 19.7. The summed E-state index contributed by atoms with van der Waals surface area (Å²) in [6.07, 6.45) is 0.252. The van der Waals surface area contributed by atoms with Crippen LogP contribution < -0.4 is 19.5 Å². The Bertz CT molecular complexity index is 984. The van der Waals surface area contributed by atoms with Gasteiger partial charge in [-0.05, 0) is 42.3 Å². The number of carbonyl (C=O) groups excluding carboxylic acids is 1. The largest absolute Gasteiger partial charge is 0.496 e. The van der Waals surface area contributed by atoms with Gasteiger partial charge in [-0.1, -0.05) is 12.1 Å². The number of methoxy groups -OCH3 is 3. The van der Waals surface area contributed by atoms with Gasteiger partial charge < -0.3 is 19.5 Å². The first-order valence-electron chi connectivity index (χ1n) is 8.65. The Morgan fingerprint density at radius 3 is 2.46 bits per heavy atom. The number of aromatic nitrogens is 1. The molecule has 1 N–H and O–H groups in total. The lowest BCUT2D eigenvalue weighted by atomic mass is 10.1. The van der Waals surface area contributed by atoms with Crippen LogP contribution in [-0.2, 0) is 11.2 Å². The van der Waals surface area contributed by atoms with Crippen molar-refractivity contribution < 1.29 is 19.0 Å². The van der Waals surface area contributed by atoms with Crippen molar-refractivity contribution in [1.82, 2.24) is 4.98 Å². The van der Waals surface area contributed by atoms with Crippen LogP contribution in [0.4, 0.5) is 5.13 Å². The molecule has 0 radical (unpaired) electrons. The van der Waals surface area contributed by atoms with Gasteiger partial charge in [-0.2, -0.15) is 0 Å². The van der Waals surface area contributed by atoms with Crippen molar-refractivity contribution in [1.29, 1.82) is 0 Å². The molecule has 0 spiro atoms. The predicted octanol–water partition coefficient (Wildman–Crippen LogP) is 4.33. The minimum absolute atomic E-state index is 0.126. The smallest absolute Gasteiger partial charge is 0.230 e. The second-order valence-corrected chi connectivity index (χ2v) is 6.99. The summed E-state index contributed by atoms with van der Waals surface area (Å²) in [6.45, 7) is 1.97. The lowest BCUT2D eigenvalue weighted by Crippen LogP contribution is -2.14. The van der Waals surface area contributed by atoms with Crippen LogP contribution in [0, 0.1) is 6.92 Å². The van der Waals surface area contributed by atoms with Gasteiger partial charge in [0.25, 0.3) is 0 Å². The van der Waals surface area contributed by atoms with Crippen LogP contribution in [0.25, 0.3) is 11.3 Å². The fraction of sp³-hybridized carbons (Fsp3) is 0.238. The van der Waals surface area contributed by atoms with E-state index >= 15 is 0 Å². The van der Waals surface area contributed by atoms with Crippen LogP contribution in [0.1, 0.15) is 11.1 Å². The molecule has 0 aliphatic heterocycles. The van der Waals surface area contributed by atoms with Crippen molar-refractivity contribution in [2.75, 3.05) is 26.6 Å². The summed E-state index contributed by atoms with van der Waals surface area (Å²) < 4.78 is 15.9. The highest BCUT2D eigenvalue weighted by Gasteiger charge is 2.12. The van der Waals surface area contributed by atoms with Crippen molar-refractivity contribution in [2.45, 2.75) is 13.3 Å². The zero-order valence-corrected chi connectivity index (χ0v) is 17.1. The Kier molecular flexibility index (Phi) is 6.16. The van der Waals surface area contributed by atoms with Gasteiger partial charge in [-0.3, -0.25) is 4.79 Å². The zero-order valence-electron chi connectivity index (χ0n) is 16.2. The Hall–Kier alpha value is -3.06. The van der Waals surface area contributed by atoms with Gasteiger partial charge in [0, 0.05) is 10.9 Å². The topological polar surface area (TPSA) is 69.7 Å². The molecule has 0 saturated heterocycles. The van der Waals surface area contributed by atoms with E-state index in [0.29, 0.717) is 16.6 Å². The Balaban J connectivity index is 1.70. The molecule has 28 heavy (non-hydrogen) atoms. The van der Waals surface area contributed by atoms with Crippen LogP contribution >= 0.6 is 11.3 Å². The van der Waals surface area contributed by atoms with Crippen LogP contribution in [0.3, 0.4) is 0 Å². The minimum Gasteiger partial charge on any atom is -0.496 e. The molecule has 1 heterocycles. The molecule has 6 nitrogen and oxygen atoms in total. The van der Waals surface area contributed by atoms with Gasteiger partial charge in [0.1, 0.15) is 5.75 Å². The fourth-order valence-corrected chi connectivity index (χ4v) is 3.52. The van der Waals surface area contributed by atoms with Gasteiger partial charge in [0.05, 0.1) is 33.4 Å². The third-order valence-corrected chi connectivity index (χ3v) is 5.02. The van der Waals surface area contributed by atoms with Crippen molar-refractivity contribution >= 4 is 22.4 Å². The van der Waals surface area contributed by atoms with Crippen LogP contribution in [-0.4, -0.2) is 32.2 Å². The molecule has 0 bridgehead atoms. The molecule has 1 amide bonds. The molecule has 146 valence electrons. The number of hydrogen-bond donors (Lipinski definition) is 1. The van der Waals surface area contributed by atoms with Gasteiger partial charge in [0.15, 0.2) is 16.6 Å². The molecule has 0 aliphatic rings. The summed E-state index contributed by atoms with van der Waals surface area (Å²) in [7, 11) is 4.81. The maximum absolute atomic E-state index is 12.4. The molecule has 2 aromatic carbocycles. The molecule has 0 aliphatic carbocycles. The van der Waals surface area contributed by atoms with Gasteiger partial charge in [-0.15, -0.1) is 11.3 Å². The van der Waals surface area contributed by atoms with Crippen molar-refractivity contribution in [3.8, 4) is 28.5 Å². The highest BCUT2D eigenvalue weighted by atomic mass is 32.1. The van der Waals surface area contributed by atoms with Crippen LogP contribution in [0.15, 0.2) is 41.8 Å². The maximum atomic E-state index is 12.4. The van der Waals surface area contributed by atoms with E-state index in [1.54, 1.807) is 21.3 Å². The molecule has 1 aromatic heterocycles. The van der Waals surface area contributed by atoms with Crippen molar-refractivity contribution in [2.24, 2.45) is 0 Å². The first-order chi connectivity index (χ1) is 13.5. The number of thiazole rings is 1. The molecule has 3 rings (SSSR count). The highest BCUT2D eigenvalue weighted by Crippen LogP contribution is 2.33. The monoisotopic (exact) mass is 398 g/mol. The van der Waals surface area contributed by atoms with Gasteiger partial charge in [-0.25, -0.2) is 4.98 Å². The average molecular weight is 398 g/mol. The average Bonchev–Trinajstić information content (AvgIpc) is 3.17. The molecule has 7 heteroatoms. The van der Waals surface area contributed by atoms with Crippen molar-refractivity contribution in [3.63, 3.8) is 0 Å². The van der Waals surface area contributed by atoms with Gasteiger partial charge >= 0.3 is 0 Å². The Labute approximate surface area is 168 Å². The molecule has 0 unspecified atom stereocenters. The Morgan fingerprint density at radius 1 is 1.00 bits per heavy atom. The summed E-state index contributed by atoms with van der Waals surface area (Å²) >= 11 is 1.38. The van der Waals surface area contributed by atoms with E-state index in [9.17, 15) is 4.79 Å². The molecule has 0 fully saturated rings. The van der Waals surface area contributed by atoms with E-state index in [1.807, 2.05) is 48.7 Å². The number of ether oxygens (including phenoxy) is 3. The van der Waals surface area contributed by atoms with E-state index in [-0.39, 0.29) is 12.3 Å². The fourth-order valence-electron chi connectivity index (χ4n) is 2.78. The third-order valence-electron chi connectivity index (χ3n) is 4.27. The number of hydrogen-bond acceptors (Lipinski definition) is 6.